The zero-order chi connectivity index (χ0) is 14.5. The van der Waals surface area contributed by atoms with Crippen molar-refractivity contribution >= 4 is 30.1 Å². The molecule has 0 unspecified atom stereocenters. The van der Waals surface area contributed by atoms with Gasteiger partial charge < -0.3 is 11.1 Å². The molecule has 0 radical (unpaired) electrons. The molecule has 0 aliphatic heterocycles. The number of benzene rings is 2. The van der Waals surface area contributed by atoms with Gasteiger partial charge in [0.1, 0.15) is 0 Å². The van der Waals surface area contributed by atoms with Crippen molar-refractivity contribution in [2.24, 2.45) is 5.73 Å². The number of hydrogen-bond donors (Lipinski definition) is 3. The SMILES string of the molecule is NC(=O)c1ccc(NC(=O)Cc2ccc(S)cc2)cc1. The Bertz CT molecular complexity index is 621. The highest BCUT2D eigenvalue weighted by molar-refractivity contribution is 7.80. The van der Waals surface area contributed by atoms with Gasteiger partial charge in [-0.3, -0.25) is 9.59 Å². The lowest BCUT2D eigenvalue weighted by molar-refractivity contribution is -0.115. The first kappa shape index (κ1) is 14.1. The van der Waals surface area contributed by atoms with E-state index >= 15 is 0 Å². The van der Waals surface area contributed by atoms with Crippen molar-refractivity contribution in [3.05, 3.63) is 59.7 Å². The van der Waals surface area contributed by atoms with Crippen LogP contribution in [0.4, 0.5) is 5.69 Å². The monoisotopic (exact) mass is 286 g/mol. The summed E-state index contributed by atoms with van der Waals surface area (Å²) in [4.78, 5) is 23.7. The number of hydrogen-bond acceptors (Lipinski definition) is 3. The summed E-state index contributed by atoms with van der Waals surface area (Å²) in [7, 11) is 0. The molecule has 0 aliphatic rings. The third-order valence-corrected chi connectivity index (χ3v) is 3.05. The van der Waals surface area contributed by atoms with Crippen LogP contribution in [0.3, 0.4) is 0 Å². The number of anilines is 1. The summed E-state index contributed by atoms with van der Waals surface area (Å²) in [5.41, 5.74) is 7.10. The van der Waals surface area contributed by atoms with E-state index < -0.39 is 5.91 Å². The van der Waals surface area contributed by atoms with Crippen molar-refractivity contribution in [2.45, 2.75) is 11.3 Å². The number of carbonyl (C=O) groups is 2. The average Bonchev–Trinajstić information content (AvgIpc) is 2.42. The molecule has 2 amide bonds. The standard InChI is InChI=1S/C15H14N2O2S/c16-15(19)11-3-5-12(6-4-11)17-14(18)9-10-1-7-13(20)8-2-10/h1-8,20H,9H2,(H2,16,19)(H,17,18). The molecule has 0 saturated heterocycles. The average molecular weight is 286 g/mol. The van der Waals surface area contributed by atoms with Crippen LogP contribution < -0.4 is 11.1 Å². The summed E-state index contributed by atoms with van der Waals surface area (Å²) in [6.07, 6.45) is 0.283. The second-order valence-electron chi connectivity index (χ2n) is 4.33. The molecule has 0 atom stereocenters. The van der Waals surface area contributed by atoms with Gasteiger partial charge in [-0.2, -0.15) is 0 Å². The molecular formula is C15H14N2O2S. The maximum absolute atomic E-state index is 11.9. The molecule has 0 saturated carbocycles. The number of nitrogens with one attached hydrogen (secondary N) is 1. The summed E-state index contributed by atoms with van der Waals surface area (Å²) >= 11 is 4.19. The molecule has 2 aromatic carbocycles. The molecule has 4 nitrogen and oxygen atoms in total. The molecule has 0 spiro atoms. The van der Waals surface area contributed by atoms with Crippen LogP contribution in [0.2, 0.25) is 0 Å². The first-order valence-electron chi connectivity index (χ1n) is 6.02. The number of nitrogens with two attached hydrogens (primary N) is 1. The molecule has 102 valence electrons. The highest BCUT2D eigenvalue weighted by Crippen LogP contribution is 2.11. The van der Waals surface area contributed by atoms with E-state index in [2.05, 4.69) is 17.9 Å². The first-order valence-corrected chi connectivity index (χ1v) is 6.47. The lowest BCUT2D eigenvalue weighted by Gasteiger charge is -2.06. The molecular weight excluding hydrogens is 272 g/mol. The van der Waals surface area contributed by atoms with Crippen molar-refractivity contribution in [1.82, 2.24) is 0 Å². The van der Waals surface area contributed by atoms with E-state index in [0.29, 0.717) is 11.3 Å². The number of amides is 2. The molecule has 0 aliphatic carbocycles. The number of rotatable bonds is 4. The Kier molecular flexibility index (Phi) is 4.42. The Balaban J connectivity index is 1.97. The van der Waals surface area contributed by atoms with E-state index in [1.807, 2.05) is 24.3 Å². The van der Waals surface area contributed by atoms with Gasteiger partial charge in [-0.25, -0.2) is 0 Å². The second kappa shape index (κ2) is 6.25. The Morgan fingerprint density at radius 2 is 1.60 bits per heavy atom. The molecule has 3 N–H and O–H groups in total. The maximum atomic E-state index is 11.9. The Morgan fingerprint density at radius 1 is 1.00 bits per heavy atom. The van der Waals surface area contributed by atoms with Gasteiger partial charge in [0.15, 0.2) is 0 Å². The number of carbonyl (C=O) groups excluding carboxylic acids is 2. The molecule has 0 bridgehead atoms. The molecule has 5 heteroatoms. The van der Waals surface area contributed by atoms with Gasteiger partial charge in [0.05, 0.1) is 6.42 Å². The topological polar surface area (TPSA) is 72.2 Å². The van der Waals surface area contributed by atoms with E-state index in [1.54, 1.807) is 24.3 Å². The van der Waals surface area contributed by atoms with Crippen molar-refractivity contribution in [1.29, 1.82) is 0 Å². The largest absolute Gasteiger partial charge is 0.366 e. The van der Waals surface area contributed by atoms with E-state index in [4.69, 9.17) is 5.73 Å². The highest BCUT2D eigenvalue weighted by atomic mass is 32.1. The van der Waals surface area contributed by atoms with Crippen LogP contribution in [0.15, 0.2) is 53.4 Å². The third-order valence-electron chi connectivity index (χ3n) is 2.75. The minimum Gasteiger partial charge on any atom is -0.366 e. The third kappa shape index (κ3) is 3.86. The fourth-order valence-corrected chi connectivity index (χ4v) is 1.87. The van der Waals surface area contributed by atoms with E-state index in [1.165, 1.54) is 0 Å². The van der Waals surface area contributed by atoms with Gasteiger partial charge >= 0.3 is 0 Å². The van der Waals surface area contributed by atoms with E-state index in [-0.39, 0.29) is 12.3 Å². The lowest BCUT2D eigenvalue weighted by atomic mass is 10.1. The molecule has 0 aromatic heterocycles. The Hall–Kier alpha value is -2.27. The summed E-state index contributed by atoms with van der Waals surface area (Å²) in [6, 6.07) is 13.8. The lowest BCUT2D eigenvalue weighted by Crippen LogP contribution is -2.15. The summed E-state index contributed by atoms with van der Waals surface area (Å²) < 4.78 is 0. The van der Waals surface area contributed by atoms with Crippen molar-refractivity contribution in [3.8, 4) is 0 Å². The van der Waals surface area contributed by atoms with Crippen molar-refractivity contribution < 1.29 is 9.59 Å². The molecule has 0 heterocycles. The summed E-state index contributed by atoms with van der Waals surface area (Å²) in [5.74, 6) is -0.613. The van der Waals surface area contributed by atoms with Gasteiger partial charge in [0, 0.05) is 16.1 Å². The van der Waals surface area contributed by atoms with Gasteiger partial charge in [-0.1, -0.05) is 12.1 Å². The zero-order valence-electron chi connectivity index (χ0n) is 10.7. The fourth-order valence-electron chi connectivity index (χ4n) is 1.72. The Morgan fingerprint density at radius 3 is 2.15 bits per heavy atom. The predicted molar refractivity (Wildman–Crippen MR) is 81.0 cm³/mol. The summed E-state index contributed by atoms with van der Waals surface area (Å²) in [5, 5.41) is 2.76. The smallest absolute Gasteiger partial charge is 0.248 e. The first-order chi connectivity index (χ1) is 9.54. The zero-order valence-corrected chi connectivity index (χ0v) is 11.6. The molecule has 2 aromatic rings. The van der Waals surface area contributed by atoms with Gasteiger partial charge in [0.25, 0.3) is 0 Å². The number of thiol groups is 1. The van der Waals surface area contributed by atoms with Crippen molar-refractivity contribution in [2.75, 3.05) is 5.32 Å². The maximum Gasteiger partial charge on any atom is 0.248 e. The van der Waals surface area contributed by atoms with Crippen LogP contribution >= 0.6 is 12.6 Å². The minimum absolute atomic E-state index is 0.122. The van der Waals surface area contributed by atoms with E-state index in [0.717, 1.165) is 10.5 Å². The molecule has 2 rings (SSSR count). The second-order valence-corrected chi connectivity index (χ2v) is 4.85. The predicted octanol–water partition coefficient (Wildman–Crippen LogP) is 2.26. The molecule has 0 fully saturated rings. The minimum atomic E-state index is -0.491. The number of primary amides is 1. The quantitative estimate of drug-likeness (QED) is 0.754. The summed E-state index contributed by atoms with van der Waals surface area (Å²) in [6.45, 7) is 0. The fraction of sp³-hybridized carbons (Fsp3) is 0.0667. The van der Waals surface area contributed by atoms with Crippen LogP contribution in [0, 0.1) is 0 Å². The van der Waals surface area contributed by atoms with Crippen LogP contribution in [0.5, 0.6) is 0 Å². The van der Waals surface area contributed by atoms with Gasteiger partial charge in [0.2, 0.25) is 11.8 Å². The van der Waals surface area contributed by atoms with Crippen LogP contribution in [0.1, 0.15) is 15.9 Å². The van der Waals surface area contributed by atoms with Crippen LogP contribution in [-0.4, -0.2) is 11.8 Å². The van der Waals surface area contributed by atoms with Crippen LogP contribution in [0.25, 0.3) is 0 Å². The normalized spacial score (nSPS) is 10.1. The van der Waals surface area contributed by atoms with E-state index in [9.17, 15) is 9.59 Å². The molecule has 20 heavy (non-hydrogen) atoms. The van der Waals surface area contributed by atoms with Crippen molar-refractivity contribution in [3.63, 3.8) is 0 Å². The van der Waals surface area contributed by atoms with Gasteiger partial charge in [-0.15, -0.1) is 12.6 Å². The highest BCUT2D eigenvalue weighted by Gasteiger charge is 2.05. The van der Waals surface area contributed by atoms with Gasteiger partial charge in [-0.05, 0) is 42.0 Å². The van der Waals surface area contributed by atoms with Crippen LogP contribution in [-0.2, 0) is 11.2 Å². The Labute approximate surface area is 122 Å².